The second-order valence-corrected chi connectivity index (χ2v) is 8.32. The van der Waals surface area contributed by atoms with E-state index in [9.17, 15) is 0 Å². The summed E-state index contributed by atoms with van der Waals surface area (Å²) in [5.41, 5.74) is 3.26. The summed E-state index contributed by atoms with van der Waals surface area (Å²) < 4.78 is 1.51. The molecule has 0 spiro atoms. The Kier molecular flexibility index (Phi) is 15.4. The number of hydrogen-bond acceptors (Lipinski definition) is 0. The normalized spacial score (nSPS) is 14.6. The van der Waals surface area contributed by atoms with E-state index in [1.807, 2.05) is 12.2 Å². The second kappa shape index (κ2) is 15.6. The smallest absolute Gasteiger partial charge is 0.109 e. The van der Waals surface area contributed by atoms with E-state index in [1.165, 1.54) is 41.7 Å². The van der Waals surface area contributed by atoms with E-state index < -0.39 is 0 Å². The monoisotopic (exact) mass is 374 g/mol. The molecule has 0 heterocycles. The molecule has 0 aromatic rings. The van der Waals surface area contributed by atoms with Gasteiger partial charge in [-0.25, -0.2) is 18.2 Å². The van der Waals surface area contributed by atoms with Gasteiger partial charge in [0.25, 0.3) is 0 Å². The van der Waals surface area contributed by atoms with Gasteiger partial charge in [0, 0.05) is 0 Å². The Balaban J connectivity index is 0.000000400. The third-order valence-corrected chi connectivity index (χ3v) is 3.26. The molecule has 1 heteroatoms. The summed E-state index contributed by atoms with van der Waals surface area (Å²) in [6.07, 6.45) is 24.6. The molecular formula is C21H32Zr. The van der Waals surface area contributed by atoms with Gasteiger partial charge in [0.05, 0.1) is 0 Å². The number of hydrogen-bond donors (Lipinski definition) is 0. The van der Waals surface area contributed by atoms with Crippen LogP contribution >= 0.6 is 0 Å². The fourth-order valence-electron chi connectivity index (χ4n) is 2.11. The van der Waals surface area contributed by atoms with Crippen molar-refractivity contribution in [3.8, 4) is 0 Å². The van der Waals surface area contributed by atoms with Crippen molar-refractivity contribution in [3.05, 3.63) is 47.6 Å². The van der Waals surface area contributed by atoms with Crippen LogP contribution in [0.4, 0.5) is 0 Å². The molecule has 120 valence electrons. The largest absolute Gasteiger partial charge is 0.273 e. The fourth-order valence-corrected chi connectivity index (χ4v) is 2.11. The van der Waals surface area contributed by atoms with Gasteiger partial charge in [-0.1, -0.05) is 46.0 Å². The first kappa shape index (κ1) is 21.7. The first-order valence-electron chi connectivity index (χ1n) is 8.62. The van der Waals surface area contributed by atoms with Gasteiger partial charge in [-0.05, 0) is 6.42 Å². The van der Waals surface area contributed by atoms with Gasteiger partial charge in [-0.2, -0.15) is 17.2 Å². The van der Waals surface area contributed by atoms with E-state index in [1.54, 1.807) is 35.4 Å². The van der Waals surface area contributed by atoms with E-state index in [-0.39, 0.29) is 0 Å². The summed E-state index contributed by atoms with van der Waals surface area (Å²) in [5.74, 6) is 0. The van der Waals surface area contributed by atoms with Crippen LogP contribution in [0.3, 0.4) is 0 Å². The van der Waals surface area contributed by atoms with Crippen molar-refractivity contribution in [2.75, 3.05) is 0 Å². The Morgan fingerprint density at radius 1 is 1.09 bits per heavy atom. The molecule has 0 unspecified atom stereocenters. The van der Waals surface area contributed by atoms with Crippen LogP contribution in [0.25, 0.3) is 0 Å². The van der Waals surface area contributed by atoms with Gasteiger partial charge >= 0.3 is 41.3 Å². The minimum atomic E-state index is 1.01. The zero-order valence-electron chi connectivity index (χ0n) is 15.0. The van der Waals surface area contributed by atoms with Gasteiger partial charge in [0.15, 0.2) is 0 Å². The van der Waals surface area contributed by atoms with Crippen LogP contribution in [0.5, 0.6) is 0 Å². The van der Waals surface area contributed by atoms with Crippen molar-refractivity contribution in [1.82, 2.24) is 0 Å². The SMILES string of the molecule is CCCCC1=C(CCCC)C[C-]=C1.C[C](C)=[Zr+2].[C-]1=CC=CC1. The van der Waals surface area contributed by atoms with Crippen molar-refractivity contribution in [3.63, 3.8) is 0 Å². The Morgan fingerprint density at radius 2 is 1.73 bits per heavy atom. The van der Waals surface area contributed by atoms with E-state index in [2.05, 4.69) is 52.0 Å². The average Bonchev–Trinajstić information content (AvgIpc) is 3.16. The summed E-state index contributed by atoms with van der Waals surface area (Å²) in [6, 6.07) is 0. The maximum atomic E-state index is 3.34. The Morgan fingerprint density at radius 3 is 2.18 bits per heavy atom. The van der Waals surface area contributed by atoms with E-state index in [0.29, 0.717) is 0 Å². The maximum absolute atomic E-state index is 3.34. The molecule has 22 heavy (non-hydrogen) atoms. The molecule has 0 amide bonds. The first-order chi connectivity index (χ1) is 10.6. The van der Waals surface area contributed by atoms with Crippen molar-refractivity contribution in [1.29, 1.82) is 0 Å². The fraction of sp³-hybridized carbons (Fsp3) is 0.571. The van der Waals surface area contributed by atoms with Crippen LogP contribution in [0.2, 0.25) is 0 Å². The molecule has 0 bridgehead atoms. The molecule has 0 aliphatic heterocycles. The Bertz CT molecular complexity index is 394. The minimum Gasteiger partial charge on any atom is -0.273 e. The third-order valence-electron chi connectivity index (χ3n) is 3.26. The van der Waals surface area contributed by atoms with Crippen LogP contribution in [-0.4, -0.2) is 3.21 Å². The third kappa shape index (κ3) is 13.4. The molecule has 0 fully saturated rings. The van der Waals surface area contributed by atoms with Crippen LogP contribution < -0.4 is 0 Å². The molecule has 0 aromatic carbocycles. The molecule has 0 atom stereocenters. The Labute approximate surface area is 153 Å². The van der Waals surface area contributed by atoms with E-state index in [0.717, 1.165) is 12.8 Å². The number of unbranched alkanes of at least 4 members (excludes halogenated alkanes) is 2. The molecule has 2 aliphatic rings. The van der Waals surface area contributed by atoms with Crippen molar-refractivity contribution < 1.29 is 24.2 Å². The Hall–Kier alpha value is -0.287. The molecule has 0 nitrogen and oxygen atoms in total. The van der Waals surface area contributed by atoms with Crippen molar-refractivity contribution in [2.45, 2.75) is 79.1 Å². The van der Waals surface area contributed by atoms with Gasteiger partial charge < -0.3 is 0 Å². The topological polar surface area (TPSA) is 0 Å². The molecule has 0 aromatic heterocycles. The summed E-state index contributed by atoms with van der Waals surface area (Å²) in [6.45, 7) is 8.77. The van der Waals surface area contributed by atoms with Gasteiger partial charge in [0.2, 0.25) is 0 Å². The predicted octanol–water partition coefficient (Wildman–Crippen LogP) is 6.48. The maximum Gasteiger partial charge on any atom is -0.109 e. The van der Waals surface area contributed by atoms with Gasteiger partial charge in [-0.3, -0.25) is 12.2 Å². The molecule has 0 saturated carbocycles. The van der Waals surface area contributed by atoms with Gasteiger partial charge in [-0.15, -0.1) is 12.8 Å². The predicted molar refractivity (Wildman–Crippen MR) is 96.4 cm³/mol. The van der Waals surface area contributed by atoms with E-state index >= 15 is 0 Å². The average molecular weight is 376 g/mol. The standard InChI is InChI=1S/C13H21.C5H5.C3H6.Zr/c1-3-5-8-12-10-7-11-13(12)9-6-4-2;1-2-4-5-3-1;1-3-2;/h10H,3-6,8-9,11H2,1-2H3;1-3H,4H2;1-2H3;/q2*-1;;+2. The summed E-state index contributed by atoms with van der Waals surface area (Å²) in [5, 5.41) is 0. The molecular weight excluding hydrogens is 343 g/mol. The minimum absolute atomic E-state index is 1.01. The molecule has 0 saturated heterocycles. The van der Waals surface area contributed by atoms with Crippen molar-refractivity contribution >= 4 is 3.21 Å². The van der Waals surface area contributed by atoms with Crippen molar-refractivity contribution in [2.24, 2.45) is 0 Å². The van der Waals surface area contributed by atoms with Crippen LogP contribution in [0.15, 0.2) is 35.5 Å². The summed E-state index contributed by atoms with van der Waals surface area (Å²) >= 11 is 1.55. The first-order valence-corrected chi connectivity index (χ1v) is 9.85. The summed E-state index contributed by atoms with van der Waals surface area (Å²) in [4.78, 5) is 0. The van der Waals surface area contributed by atoms with Gasteiger partial charge in [0.1, 0.15) is 0 Å². The molecule has 0 N–H and O–H groups in total. The number of allylic oxidation sites excluding steroid dienone is 8. The quantitative estimate of drug-likeness (QED) is 0.466. The zero-order valence-corrected chi connectivity index (χ0v) is 17.4. The zero-order chi connectivity index (χ0) is 16.6. The molecule has 2 aliphatic carbocycles. The molecule has 0 radical (unpaired) electrons. The number of rotatable bonds is 6. The van der Waals surface area contributed by atoms with E-state index in [4.69, 9.17) is 0 Å². The summed E-state index contributed by atoms with van der Waals surface area (Å²) in [7, 11) is 0. The van der Waals surface area contributed by atoms with Crippen LogP contribution in [0, 0.1) is 12.2 Å². The molecule has 2 rings (SSSR count). The second-order valence-electron chi connectivity index (χ2n) is 5.86. The van der Waals surface area contributed by atoms with Crippen LogP contribution in [0.1, 0.15) is 79.1 Å². The van der Waals surface area contributed by atoms with Crippen LogP contribution in [-0.2, 0) is 24.2 Å².